The molecule has 1 rings (SSSR count). The number of rotatable bonds is 2. The Labute approximate surface area is 58.7 Å². The van der Waals surface area contributed by atoms with E-state index in [0.29, 0.717) is 6.42 Å². The van der Waals surface area contributed by atoms with E-state index in [1.54, 1.807) is 0 Å². The van der Waals surface area contributed by atoms with Crippen molar-refractivity contribution in [3.63, 3.8) is 0 Å². The molecule has 0 radical (unpaired) electrons. The van der Waals surface area contributed by atoms with Gasteiger partial charge >= 0.3 is 5.97 Å². The smallest absolute Gasteiger partial charge is 0.335 e. The molecule has 0 aromatic heterocycles. The van der Waals surface area contributed by atoms with Crippen LogP contribution < -0.4 is 0 Å². The summed E-state index contributed by atoms with van der Waals surface area (Å²) in [7, 11) is 0. The van der Waals surface area contributed by atoms with Crippen LogP contribution in [-0.2, 0) is 14.3 Å². The maximum atomic E-state index is 10.3. The first kappa shape index (κ1) is 7.50. The van der Waals surface area contributed by atoms with Gasteiger partial charge in [0.1, 0.15) is 0 Å². The summed E-state index contributed by atoms with van der Waals surface area (Å²) in [5, 5.41) is 8.42. The quantitative estimate of drug-likeness (QED) is 0.605. The first-order valence-corrected chi connectivity index (χ1v) is 3.24. The fraction of sp³-hybridized carbons (Fsp3) is 0.833. The number of hydrogen-bond donors (Lipinski definition) is 1. The Balaban J connectivity index is 2.35. The van der Waals surface area contributed by atoms with Crippen LogP contribution in [0.15, 0.2) is 0 Å². The largest absolute Gasteiger partial charge is 0.479 e. The highest BCUT2D eigenvalue weighted by atomic mass is 16.7. The van der Waals surface area contributed by atoms with E-state index in [0.717, 1.165) is 0 Å². The van der Waals surface area contributed by atoms with E-state index in [-0.39, 0.29) is 12.9 Å². The number of carbonyl (C=O) groups is 1. The number of ether oxygens (including phenoxy) is 2. The minimum Gasteiger partial charge on any atom is -0.479 e. The monoisotopic (exact) mass is 146 g/mol. The molecule has 0 unspecified atom stereocenters. The van der Waals surface area contributed by atoms with Gasteiger partial charge < -0.3 is 14.6 Å². The highest BCUT2D eigenvalue weighted by Crippen LogP contribution is 2.13. The van der Waals surface area contributed by atoms with E-state index in [2.05, 4.69) is 0 Å². The Hall–Kier alpha value is -0.610. The van der Waals surface area contributed by atoms with Crippen molar-refractivity contribution in [1.29, 1.82) is 0 Å². The molecule has 4 nitrogen and oxygen atoms in total. The van der Waals surface area contributed by atoms with Crippen molar-refractivity contribution in [2.45, 2.75) is 25.7 Å². The van der Waals surface area contributed by atoms with Crippen LogP contribution in [0.2, 0.25) is 0 Å². The van der Waals surface area contributed by atoms with Gasteiger partial charge in [-0.15, -0.1) is 0 Å². The van der Waals surface area contributed by atoms with Crippen molar-refractivity contribution in [1.82, 2.24) is 0 Å². The third-order valence-corrected chi connectivity index (χ3v) is 1.36. The lowest BCUT2D eigenvalue weighted by molar-refractivity contribution is -0.150. The molecule has 1 fully saturated rings. The lowest BCUT2D eigenvalue weighted by Crippen LogP contribution is -2.22. The molecule has 0 aliphatic carbocycles. The lowest BCUT2D eigenvalue weighted by Gasteiger charge is -2.04. The lowest BCUT2D eigenvalue weighted by atomic mass is 10.4. The SMILES string of the molecule is CC[C@H]1OC[C@H](C(=O)O)O1. The van der Waals surface area contributed by atoms with Crippen LogP contribution in [0.25, 0.3) is 0 Å². The third-order valence-electron chi connectivity index (χ3n) is 1.36. The number of aliphatic carboxylic acids is 1. The van der Waals surface area contributed by atoms with Gasteiger partial charge in [-0.25, -0.2) is 4.79 Å². The second kappa shape index (κ2) is 2.98. The zero-order valence-electron chi connectivity index (χ0n) is 5.74. The molecule has 0 aromatic rings. The Morgan fingerprint density at radius 1 is 1.80 bits per heavy atom. The highest BCUT2D eigenvalue weighted by molar-refractivity contribution is 5.72. The summed E-state index contributed by atoms with van der Waals surface area (Å²) in [6.07, 6.45) is -0.380. The molecular formula is C6H10O4. The van der Waals surface area contributed by atoms with E-state index >= 15 is 0 Å². The summed E-state index contributed by atoms with van der Waals surface area (Å²) in [6, 6.07) is 0. The minimum atomic E-state index is -0.948. The van der Waals surface area contributed by atoms with E-state index in [9.17, 15) is 4.79 Å². The Morgan fingerprint density at radius 3 is 2.80 bits per heavy atom. The fourth-order valence-electron chi connectivity index (χ4n) is 0.800. The summed E-state index contributed by atoms with van der Waals surface area (Å²) < 4.78 is 9.92. The Kier molecular flexibility index (Phi) is 2.24. The van der Waals surface area contributed by atoms with Gasteiger partial charge in [-0.2, -0.15) is 0 Å². The first-order valence-electron chi connectivity index (χ1n) is 3.24. The molecule has 2 atom stereocenters. The fourth-order valence-corrected chi connectivity index (χ4v) is 0.800. The Bertz CT molecular complexity index is 134. The van der Waals surface area contributed by atoms with E-state index < -0.39 is 12.1 Å². The molecule has 1 N–H and O–H groups in total. The predicted molar refractivity (Wildman–Crippen MR) is 32.5 cm³/mol. The topological polar surface area (TPSA) is 55.8 Å². The summed E-state index contributed by atoms with van der Waals surface area (Å²) in [6.45, 7) is 2.06. The van der Waals surface area contributed by atoms with Crippen LogP contribution in [0.4, 0.5) is 0 Å². The molecule has 1 aliphatic rings. The molecule has 0 saturated carbocycles. The summed E-state index contributed by atoms with van der Waals surface area (Å²) in [4.78, 5) is 10.3. The number of carboxylic acid groups (broad SMARTS) is 1. The van der Waals surface area contributed by atoms with Crippen LogP contribution in [0.3, 0.4) is 0 Å². The molecule has 0 bridgehead atoms. The highest BCUT2D eigenvalue weighted by Gasteiger charge is 2.29. The average molecular weight is 146 g/mol. The van der Waals surface area contributed by atoms with E-state index in [1.807, 2.05) is 6.92 Å². The van der Waals surface area contributed by atoms with Crippen LogP contribution >= 0.6 is 0 Å². The van der Waals surface area contributed by atoms with E-state index in [4.69, 9.17) is 14.6 Å². The number of carboxylic acids is 1. The second-order valence-electron chi connectivity index (χ2n) is 2.13. The van der Waals surface area contributed by atoms with Crippen LogP contribution in [0, 0.1) is 0 Å². The van der Waals surface area contributed by atoms with Crippen molar-refractivity contribution < 1.29 is 19.4 Å². The van der Waals surface area contributed by atoms with Gasteiger partial charge in [0, 0.05) is 0 Å². The van der Waals surface area contributed by atoms with Gasteiger partial charge in [0.15, 0.2) is 12.4 Å². The molecule has 58 valence electrons. The maximum absolute atomic E-state index is 10.3. The Morgan fingerprint density at radius 2 is 2.50 bits per heavy atom. The summed E-state index contributed by atoms with van der Waals surface area (Å²) in [5.74, 6) is -0.948. The van der Waals surface area contributed by atoms with Crippen molar-refractivity contribution in [3.05, 3.63) is 0 Å². The van der Waals surface area contributed by atoms with Crippen LogP contribution in [0.5, 0.6) is 0 Å². The van der Waals surface area contributed by atoms with Gasteiger partial charge in [0.05, 0.1) is 6.61 Å². The average Bonchev–Trinajstić information content (AvgIpc) is 2.34. The second-order valence-corrected chi connectivity index (χ2v) is 2.13. The molecule has 1 heterocycles. The first-order chi connectivity index (χ1) is 4.74. The zero-order valence-corrected chi connectivity index (χ0v) is 5.74. The zero-order chi connectivity index (χ0) is 7.56. The molecule has 0 spiro atoms. The van der Waals surface area contributed by atoms with Gasteiger partial charge in [-0.1, -0.05) is 6.92 Å². The molecule has 4 heteroatoms. The predicted octanol–water partition coefficient (Wildman–Crippen LogP) is 0.222. The maximum Gasteiger partial charge on any atom is 0.335 e. The van der Waals surface area contributed by atoms with Gasteiger partial charge in [0.2, 0.25) is 0 Å². The third kappa shape index (κ3) is 1.46. The van der Waals surface area contributed by atoms with Crippen molar-refractivity contribution >= 4 is 5.97 Å². The van der Waals surface area contributed by atoms with Crippen LogP contribution in [-0.4, -0.2) is 30.1 Å². The minimum absolute atomic E-state index is 0.174. The molecule has 0 amide bonds. The molecule has 1 saturated heterocycles. The van der Waals surface area contributed by atoms with Gasteiger partial charge in [-0.3, -0.25) is 0 Å². The van der Waals surface area contributed by atoms with Crippen LogP contribution in [0.1, 0.15) is 13.3 Å². The summed E-state index contributed by atoms with van der Waals surface area (Å²) in [5.41, 5.74) is 0. The van der Waals surface area contributed by atoms with Gasteiger partial charge in [0.25, 0.3) is 0 Å². The van der Waals surface area contributed by atoms with Crippen molar-refractivity contribution in [2.24, 2.45) is 0 Å². The molecular weight excluding hydrogens is 136 g/mol. The normalized spacial score (nSPS) is 32.5. The summed E-state index contributed by atoms with van der Waals surface area (Å²) >= 11 is 0. The molecule has 1 aliphatic heterocycles. The van der Waals surface area contributed by atoms with Crippen molar-refractivity contribution in [2.75, 3.05) is 6.61 Å². The van der Waals surface area contributed by atoms with Crippen molar-refractivity contribution in [3.8, 4) is 0 Å². The standard InChI is InChI=1S/C6H10O4/c1-2-5-9-3-4(10-5)6(7)8/h4-5H,2-3H2,1H3,(H,7,8)/t4-,5+/m1/s1. The number of hydrogen-bond acceptors (Lipinski definition) is 3. The molecule has 0 aromatic carbocycles. The van der Waals surface area contributed by atoms with Gasteiger partial charge in [-0.05, 0) is 6.42 Å². The molecule has 10 heavy (non-hydrogen) atoms. The van der Waals surface area contributed by atoms with E-state index in [1.165, 1.54) is 0 Å².